The number of amides is 2. The maximum absolute atomic E-state index is 14.1. The van der Waals surface area contributed by atoms with Crippen LogP contribution in [0.5, 0.6) is 0 Å². The second kappa shape index (κ2) is 9.90. The number of aryl methyl sites for hydroxylation is 1. The number of anilines is 1. The van der Waals surface area contributed by atoms with E-state index in [1.165, 1.54) is 12.8 Å². The van der Waals surface area contributed by atoms with E-state index in [0.717, 1.165) is 21.8 Å². The van der Waals surface area contributed by atoms with Crippen molar-refractivity contribution < 1.29 is 23.5 Å². The number of hydrogen-bond acceptors (Lipinski definition) is 7. The molecule has 3 heterocycles. The highest BCUT2D eigenvalue weighted by atomic mass is 32.1. The number of thiazole rings is 1. The molecule has 2 fully saturated rings. The van der Waals surface area contributed by atoms with E-state index in [-0.39, 0.29) is 10.7 Å². The Morgan fingerprint density at radius 1 is 1.30 bits per heavy atom. The van der Waals surface area contributed by atoms with Crippen LogP contribution in [0.1, 0.15) is 79.7 Å². The van der Waals surface area contributed by atoms with E-state index < -0.39 is 48.4 Å². The van der Waals surface area contributed by atoms with Crippen LogP contribution in [0, 0.1) is 12.8 Å². The van der Waals surface area contributed by atoms with E-state index in [0.29, 0.717) is 28.2 Å². The summed E-state index contributed by atoms with van der Waals surface area (Å²) < 4.78 is 28.2. The Labute approximate surface area is 219 Å². The van der Waals surface area contributed by atoms with Crippen LogP contribution >= 0.6 is 11.3 Å². The Kier molecular flexibility index (Phi) is 7.33. The molecule has 3 atom stereocenters. The van der Waals surface area contributed by atoms with Crippen molar-refractivity contribution in [1.29, 1.82) is 0 Å². The fraction of sp³-hybridized carbons (Fsp3) is 0.615. The van der Waals surface area contributed by atoms with E-state index in [1.807, 2.05) is 13.0 Å². The van der Waals surface area contributed by atoms with Gasteiger partial charge in [0.15, 0.2) is 5.01 Å². The number of aliphatic hydroxyl groups is 1. The minimum Gasteiger partial charge on any atom is -0.388 e. The normalized spacial score (nSPS) is 21.0. The molecule has 37 heavy (non-hydrogen) atoms. The summed E-state index contributed by atoms with van der Waals surface area (Å²) in [5.74, 6) is -2.82. The van der Waals surface area contributed by atoms with Crippen molar-refractivity contribution in [2.75, 3.05) is 11.9 Å². The lowest BCUT2D eigenvalue weighted by molar-refractivity contribution is 0.0118. The van der Waals surface area contributed by atoms with Crippen LogP contribution in [0.3, 0.4) is 0 Å². The number of nitrogens with one attached hydrogen (secondary N) is 2. The van der Waals surface area contributed by atoms with Crippen LogP contribution in [0.15, 0.2) is 12.3 Å². The summed E-state index contributed by atoms with van der Waals surface area (Å²) in [4.78, 5) is 36.9. The lowest BCUT2D eigenvalue weighted by atomic mass is 10.0. The number of likely N-dealkylation sites (tertiary alicyclic amines) is 1. The average molecular weight is 536 g/mol. The maximum Gasteiger partial charge on any atom is 0.280 e. The number of carbonyl (C=O) groups is 2. The third kappa shape index (κ3) is 6.09. The first-order valence-electron chi connectivity index (χ1n) is 12.6. The van der Waals surface area contributed by atoms with E-state index in [9.17, 15) is 23.5 Å². The van der Waals surface area contributed by atoms with E-state index in [2.05, 4.69) is 27.5 Å². The standard InChI is InChI=1S/C26H35F2N5O3S/c1-13-9-19(30-15(3)17-7-8-17)29-11-18(13)21-20(24(35)33-12-26(27,28)10-14(33)2)32-23(37-21)22(34)31-16(4)25(5,6)36/h9,11,14-17,36H,7-8,10,12H2,1-6H3,(H,29,30)(H,31,34)/t14-,15+,16+/m0/s1. The maximum atomic E-state index is 14.1. The molecule has 3 N–H and O–H groups in total. The van der Waals surface area contributed by atoms with E-state index in [1.54, 1.807) is 33.9 Å². The molecule has 1 saturated heterocycles. The Morgan fingerprint density at radius 2 is 1.97 bits per heavy atom. The Morgan fingerprint density at radius 3 is 2.51 bits per heavy atom. The third-order valence-electron chi connectivity index (χ3n) is 7.28. The first-order valence-corrected chi connectivity index (χ1v) is 13.4. The minimum absolute atomic E-state index is 0.0111. The molecule has 0 unspecified atom stereocenters. The van der Waals surface area contributed by atoms with Gasteiger partial charge in [-0.15, -0.1) is 11.3 Å². The van der Waals surface area contributed by atoms with Crippen molar-refractivity contribution in [3.63, 3.8) is 0 Å². The molecule has 1 aliphatic heterocycles. The van der Waals surface area contributed by atoms with Gasteiger partial charge in [-0.2, -0.15) is 0 Å². The number of rotatable bonds is 8. The van der Waals surface area contributed by atoms with Gasteiger partial charge in [0.1, 0.15) is 11.5 Å². The number of aromatic nitrogens is 2. The zero-order valence-electron chi connectivity index (χ0n) is 22.1. The van der Waals surface area contributed by atoms with Crippen molar-refractivity contribution in [3.8, 4) is 10.4 Å². The second-order valence-corrected chi connectivity index (χ2v) is 12.0. The predicted molar refractivity (Wildman–Crippen MR) is 139 cm³/mol. The largest absolute Gasteiger partial charge is 0.388 e. The van der Waals surface area contributed by atoms with Gasteiger partial charge in [-0.05, 0) is 71.9 Å². The Balaban J connectivity index is 1.69. The van der Waals surface area contributed by atoms with Gasteiger partial charge in [-0.25, -0.2) is 18.7 Å². The molecule has 0 bridgehead atoms. The number of alkyl halides is 2. The van der Waals surface area contributed by atoms with Gasteiger partial charge in [0.2, 0.25) is 0 Å². The van der Waals surface area contributed by atoms with Gasteiger partial charge in [0, 0.05) is 30.3 Å². The second-order valence-electron chi connectivity index (χ2n) is 11.0. The highest BCUT2D eigenvalue weighted by Crippen LogP contribution is 2.38. The van der Waals surface area contributed by atoms with E-state index in [4.69, 9.17) is 0 Å². The zero-order valence-corrected chi connectivity index (χ0v) is 22.9. The summed E-state index contributed by atoms with van der Waals surface area (Å²) in [5, 5.41) is 16.3. The topological polar surface area (TPSA) is 107 Å². The summed E-state index contributed by atoms with van der Waals surface area (Å²) >= 11 is 1.01. The molecule has 0 radical (unpaired) electrons. The van der Waals surface area contributed by atoms with Gasteiger partial charge in [0.25, 0.3) is 17.7 Å². The van der Waals surface area contributed by atoms with Crippen molar-refractivity contribution in [3.05, 3.63) is 28.5 Å². The number of nitrogens with zero attached hydrogens (tertiary/aromatic N) is 3. The molecule has 2 amide bonds. The number of halogens is 2. The van der Waals surface area contributed by atoms with Crippen LogP contribution in [-0.4, -0.2) is 68.0 Å². The smallest absolute Gasteiger partial charge is 0.280 e. The molecule has 1 saturated carbocycles. The highest BCUT2D eigenvalue weighted by molar-refractivity contribution is 7.17. The van der Waals surface area contributed by atoms with Gasteiger partial charge in [-0.3, -0.25) is 9.59 Å². The molecule has 2 aromatic rings. The van der Waals surface area contributed by atoms with Gasteiger partial charge in [-0.1, -0.05) is 0 Å². The molecular weight excluding hydrogens is 500 g/mol. The lowest BCUT2D eigenvalue weighted by Gasteiger charge is -2.26. The fourth-order valence-electron chi connectivity index (χ4n) is 4.42. The summed E-state index contributed by atoms with van der Waals surface area (Å²) in [5.41, 5.74) is 0.201. The first kappa shape index (κ1) is 27.4. The molecule has 4 rings (SSSR count). The number of pyridine rings is 1. The quantitative estimate of drug-likeness (QED) is 0.460. The SMILES string of the molecule is Cc1cc(N[C@H](C)C2CC2)ncc1-c1sc(C(=O)N[C@H](C)C(C)(C)O)nc1C(=O)N1CC(F)(F)C[C@@H]1C. The average Bonchev–Trinajstić information content (AvgIpc) is 3.48. The molecule has 8 nitrogen and oxygen atoms in total. The van der Waals surface area contributed by atoms with Gasteiger partial charge < -0.3 is 20.6 Å². The van der Waals surface area contributed by atoms with Crippen molar-refractivity contribution >= 4 is 29.0 Å². The summed E-state index contributed by atoms with van der Waals surface area (Å²) in [6.45, 7) is 9.69. The fourth-order valence-corrected chi connectivity index (χ4v) is 5.45. The zero-order chi connectivity index (χ0) is 27.3. The molecule has 202 valence electrons. The molecule has 2 aliphatic rings. The van der Waals surface area contributed by atoms with Crippen LogP contribution in [-0.2, 0) is 0 Å². The highest BCUT2D eigenvalue weighted by Gasteiger charge is 2.46. The monoisotopic (exact) mass is 535 g/mol. The van der Waals surface area contributed by atoms with Crippen LogP contribution < -0.4 is 10.6 Å². The van der Waals surface area contributed by atoms with E-state index >= 15 is 0 Å². The molecule has 0 spiro atoms. The third-order valence-corrected chi connectivity index (χ3v) is 8.37. The molecule has 2 aromatic heterocycles. The number of hydrogen-bond donors (Lipinski definition) is 3. The lowest BCUT2D eigenvalue weighted by Crippen LogP contribution is -2.47. The Hall–Kier alpha value is -2.66. The summed E-state index contributed by atoms with van der Waals surface area (Å²) in [6, 6.07) is 0.917. The minimum atomic E-state index is -2.98. The van der Waals surface area contributed by atoms with Crippen LogP contribution in [0.4, 0.5) is 14.6 Å². The molecular formula is C26H35F2N5O3S. The molecule has 11 heteroatoms. The molecule has 0 aromatic carbocycles. The predicted octanol–water partition coefficient (Wildman–Crippen LogP) is 4.48. The van der Waals surface area contributed by atoms with Crippen LogP contribution in [0.2, 0.25) is 0 Å². The van der Waals surface area contributed by atoms with Gasteiger partial charge in [0.05, 0.1) is 23.1 Å². The number of carbonyl (C=O) groups excluding carboxylic acids is 2. The van der Waals surface area contributed by atoms with Crippen molar-refractivity contribution in [1.82, 2.24) is 20.2 Å². The van der Waals surface area contributed by atoms with Crippen molar-refractivity contribution in [2.45, 2.75) is 90.5 Å². The van der Waals surface area contributed by atoms with Gasteiger partial charge >= 0.3 is 0 Å². The van der Waals surface area contributed by atoms with Crippen molar-refractivity contribution in [2.24, 2.45) is 5.92 Å². The Bertz CT molecular complexity index is 1190. The summed E-state index contributed by atoms with van der Waals surface area (Å²) in [7, 11) is 0. The summed E-state index contributed by atoms with van der Waals surface area (Å²) in [6.07, 6.45) is 3.60. The molecule has 1 aliphatic carbocycles. The first-order chi connectivity index (χ1) is 17.2. The van der Waals surface area contributed by atoms with Crippen LogP contribution in [0.25, 0.3) is 10.4 Å².